The number of urea groups is 1. The molecule has 2 aromatic rings. The van der Waals surface area contributed by atoms with Gasteiger partial charge in [-0.15, -0.1) is 0 Å². The average molecular weight is 471 g/mol. The Labute approximate surface area is 197 Å². The van der Waals surface area contributed by atoms with Crippen molar-refractivity contribution in [2.24, 2.45) is 0 Å². The van der Waals surface area contributed by atoms with Crippen LogP contribution in [0.3, 0.4) is 0 Å². The third-order valence-electron chi connectivity index (χ3n) is 6.10. The van der Waals surface area contributed by atoms with Gasteiger partial charge >= 0.3 is 12.0 Å². The summed E-state index contributed by atoms with van der Waals surface area (Å²) in [6.45, 7) is 5.36. The summed E-state index contributed by atoms with van der Waals surface area (Å²) in [7, 11) is 0. The molecule has 2 aliphatic heterocycles. The first-order valence-electron chi connectivity index (χ1n) is 11.4. The molecule has 2 heterocycles. The van der Waals surface area contributed by atoms with Crippen molar-refractivity contribution < 1.29 is 23.1 Å². The van der Waals surface area contributed by atoms with E-state index < -0.39 is 5.97 Å². The van der Waals surface area contributed by atoms with Crippen LogP contribution in [0, 0.1) is 11.6 Å². The van der Waals surface area contributed by atoms with Gasteiger partial charge in [-0.3, -0.25) is 9.80 Å². The topological polar surface area (TPSA) is 73.9 Å². The molecule has 0 aromatic heterocycles. The van der Waals surface area contributed by atoms with E-state index in [0.29, 0.717) is 44.0 Å². The van der Waals surface area contributed by atoms with Crippen molar-refractivity contribution in [2.45, 2.75) is 13.0 Å². The molecule has 0 radical (unpaired) electrons. The van der Waals surface area contributed by atoms with Crippen molar-refractivity contribution in [3.8, 4) is 0 Å². The second-order valence-electron chi connectivity index (χ2n) is 8.30. The van der Waals surface area contributed by atoms with Crippen LogP contribution >= 0.6 is 0 Å². The van der Waals surface area contributed by atoms with Crippen molar-refractivity contribution in [2.75, 3.05) is 45.9 Å². The minimum absolute atomic E-state index is 0.136. The van der Waals surface area contributed by atoms with Crippen LogP contribution in [0.5, 0.6) is 0 Å². The van der Waals surface area contributed by atoms with Gasteiger partial charge in [-0.25, -0.2) is 18.4 Å². The lowest BCUT2D eigenvalue weighted by molar-refractivity contribution is -0.138. The fourth-order valence-corrected chi connectivity index (χ4v) is 4.39. The van der Waals surface area contributed by atoms with Crippen molar-refractivity contribution in [1.82, 2.24) is 20.4 Å². The maximum Gasteiger partial charge on any atom is 0.337 e. The molecule has 2 aliphatic rings. The Morgan fingerprint density at radius 1 is 0.971 bits per heavy atom. The Balaban J connectivity index is 1.49. The second kappa shape index (κ2) is 10.8. The molecular formula is C25H28F2N4O3. The Hall–Kier alpha value is -3.30. The zero-order valence-electron chi connectivity index (χ0n) is 19.0. The highest BCUT2D eigenvalue weighted by Crippen LogP contribution is 2.30. The standard InChI is InChI=1S/C25H28F2N4O3/c1-2-34-24(32)21-15-28-25(33)29-22(21)16-30-11-13-31(14-12-30)23(17-3-7-19(26)8-4-17)18-5-9-20(27)10-6-18/h3-10,23H,2,11-16H2,1H3,(H2,28,29,33). The number of nitrogens with zero attached hydrogens (tertiary/aromatic N) is 2. The number of ether oxygens (including phenoxy) is 1. The number of amides is 2. The predicted molar refractivity (Wildman–Crippen MR) is 123 cm³/mol. The molecule has 180 valence electrons. The van der Waals surface area contributed by atoms with E-state index >= 15 is 0 Å². The highest BCUT2D eigenvalue weighted by atomic mass is 19.1. The first-order valence-corrected chi connectivity index (χ1v) is 11.4. The summed E-state index contributed by atoms with van der Waals surface area (Å²) in [5.74, 6) is -1.04. The van der Waals surface area contributed by atoms with Gasteiger partial charge in [0.05, 0.1) is 24.8 Å². The zero-order valence-corrected chi connectivity index (χ0v) is 19.0. The normalized spacial score (nSPS) is 17.5. The van der Waals surface area contributed by atoms with Gasteiger partial charge in [-0.2, -0.15) is 0 Å². The molecular weight excluding hydrogens is 442 g/mol. The molecule has 34 heavy (non-hydrogen) atoms. The number of nitrogens with one attached hydrogen (secondary N) is 2. The molecule has 2 N–H and O–H groups in total. The molecule has 0 aliphatic carbocycles. The molecule has 2 amide bonds. The molecule has 4 rings (SSSR count). The maximum absolute atomic E-state index is 13.5. The van der Waals surface area contributed by atoms with Gasteiger partial charge in [0.25, 0.3) is 0 Å². The summed E-state index contributed by atoms with van der Waals surface area (Å²) >= 11 is 0. The number of carbonyl (C=O) groups is 2. The van der Waals surface area contributed by atoms with Gasteiger partial charge in [-0.1, -0.05) is 24.3 Å². The molecule has 9 heteroatoms. The third-order valence-corrected chi connectivity index (χ3v) is 6.10. The summed E-state index contributed by atoms with van der Waals surface area (Å²) in [6, 6.07) is 12.3. The highest BCUT2D eigenvalue weighted by Gasteiger charge is 2.29. The maximum atomic E-state index is 13.5. The highest BCUT2D eigenvalue weighted by molar-refractivity contribution is 5.93. The van der Waals surface area contributed by atoms with E-state index in [1.165, 1.54) is 24.3 Å². The Kier molecular flexibility index (Phi) is 7.54. The number of carbonyl (C=O) groups excluding carboxylic acids is 2. The summed E-state index contributed by atoms with van der Waals surface area (Å²) in [6.07, 6.45) is 0. The monoisotopic (exact) mass is 470 g/mol. The molecule has 2 aromatic carbocycles. The number of halogens is 2. The van der Waals surface area contributed by atoms with Crippen LogP contribution in [0.15, 0.2) is 59.8 Å². The van der Waals surface area contributed by atoms with Gasteiger partial charge in [0, 0.05) is 38.4 Å². The fourth-order valence-electron chi connectivity index (χ4n) is 4.39. The molecule has 0 saturated carbocycles. The lowest BCUT2D eigenvalue weighted by Gasteiger charge is -2.40. The quantitative estimate of drug-likeness (QED) is 0.609. The van der Waals surface area contributed by atoms with Crippen LogP contribution in [0.2, 0.25) is 0 Å². The van der Waals surface area contributed by atoms with Crippen LogP contribution in [-0.2, 0) is 9.53 Å². The van der Waals surface area contributed by atoms with E-state index in [4.69, 9.17) is 4.74 Å². The SMILES string of the molecule is CCOC(=O)C1=C(CN2CCN(C(c3ccc(F)cc3)c3ccc(F)cc3)CC2)NC(=O)NC1. The van der Waals surface area contributed by atoms with Gasteiger partial charge in [0.1, 0.15) is 11.6 Å². The number of esters is 1. The summed E-state index contributed by atoms with van der Waals surface area (Å²) in [5, 5.41) is 5.37. The minimum Gasteiger partial charge on any atom is -0.463 e. The van der Waals surface area contributed by atoms with Crippen LogP contribution < -0.4 is 10.6 Å². The van der Waals surface area contributed by atoms with Crippen LogP contribution in [0.25, 0.3) is 0 Å². The molecule has 1 fully saturated rings. The van der Waals surface area contributed by atoms with E-state index in [-0.39, 0.29) is 36.9 Å². The summed E-state index contributed by atoms with van der Waals surface area (Å²) in [5.41, 5.74) is 2.85. The van der Waals surface area contributed by atoms with Crippen LogP contribution in [-0.4, -0.2) is 67.7 Å². The smallest absolute Gasteiger partial charge is 0.337 e. The second-order valence-corrected chi connectivity index (χ2v) is 8.30. The van der Waals surface area contributed by atoms with Crippen molar-refractivity contribution in [1.29, 1.82) is 0 Å². The number of hydrogen-bond acceptors (Lipinski definition) is 5. The first-order chi connectivity index (χ1) is 16.4. The molecule has 0 bridgehead atoms. The zero-order chi connectivity index (χ0) is 24.1. The van der Waals surface area contributed by atoms with E-state index in [2.05, 4.69) is 20.4 Å². The lowest BCUT2D eigenvalue weighted by Crippen LogP contribution is -2.51. The van der Waals surface area contributed by atoms with Gasteiger partial charge in [-0.05, 0) is 42.3 Å². The minimum atomic E-state index is -0.434. The predicted octanol–water partition coefficient (Wildman–Crippen LogP) is 2.80. The van der Waals surface area contributed by atoms with Crippen molar-refractivity contribution in [3.05, 3.63) is 82.6 Å². The van der Waals surface area contributed by atoms with Crippen LogP contribution in [0.1, 0.15) is 24.1 Å². The Morgan fingerprint density at radius 2 is 1.53 bits per heavy atom. The summed E-state index contributed by atoms with van der Waals surface area (Å²) < 4.78 is 32.2. The van der Waals surface area contributed by atoms with E-state index in [1.807, 2.05) is 0 Å². The number of rotatable bonds is 7. The molecule has 0 atom stereocenters. The molecule has 7 nitrogen and oxygen atoms in total. The van der Waals surface area contributed by atoms with Gasteiger partial charge in [0.15, 0.2) is 0 Å². The van der Waals surface area contributed by atoms with E-state index in [1.54, 1.807) is 31.2 Å². The largest absolute Gasteiger partial charge is 0.463 e. The van der Waals surface area contributed by atoms with Gasteiger partial charge < -0.3 is 15.4 Å². The fraction of sp³-hybridized carbons (Fsp3) is 0.360. The molecule has 0 unspecified atom stereocenters. The van der Waals surface area contributed by atoms with E-state index in [0.717, 1.165) is 11.1 Å². The number of piperazine rings is 1. The summed E-state index contributed by atoms with van der Waals surface area (Å²) in [4.78, 5) is 28.6. The van der Waals surface area contributed by atoms with E-state index in [9.17, 15) is 18.4 Å². The lowest BCUT2D eigenvalue weighted by atomic mass is 9.96. The Morgan fingerprint density at radius 3 is 2.06 bits per heavy atom. The third kappa shape index (κ3) is 5.60. The number of hydrogen-bond donors (Lipinski definition) is 2. The first kappa shape index (κ1) is 23.8. The molecule has 0 spiro atoms. The number of benzene rings is 2. The van der Waals surface area contributed by atoms with Gasteiger partial charge in [0.2, 0.25) is 0 Å². The van der Waals surface area contributed by atoms with Crippen molar-refractivity contribution in [3.63, 3.8) is 0 Å². The molecule has 1 saturated heterocycles. The average Bonchev–Trinajstić information content (AvgIpc) is 2.83. The van der Waals surface area contributed by atoms with Crippen LogP contribution in [0.4, 0.5) is 13.6 Å². The Bertz CT molecular complexity index is 1000. The van der Waals surface area contributed by atoms with Crippen molar-refractivity contribution >= 4 is 12.0 Å².